The van der Waals surface area contributed by atoms with Crippen LogP contribution in [-0.2, 0) is 27.4 Å². The van der Waals surface area contributed by atoms with Crippen LogP contribution in [-0.4, -0.2) is 17.0 Å². The number of benzene rings is 2. The van der Waals surface area contributed by atoms with E-state index in [9.17, 15) is 9.59 Å². The molecular weight excluding hydrogens is 352 g/mol. The molecule has 148 valence electrons. The molecule has 2 aromatic rings. The second kappa shape index (κ2) is 13.1. The highest BCUT2D eigenvalue weighted by molar-refractivity contribution is 5.87. The third-order valence-corrected chi connectivity index (χ3v) is 4.12. The molecule has 0 bridgehead atoms. The van der Waals surface area contributed by atoms with Gasteiger partial charge in [-0.2, -0.15) is 0 Å². The van der Waals surface area contributed by atoms with E-state index in [1.165, 1.54) is 5.56 Å². The summed E-state index contributed by atoms with van der Waals surface area (Å²) in [7, 11) is 0. The van der Waals surface area contributed by atoms with Crippen molar-refractivity contribution < 1.29 is 19.4 Å². The molecule has 4 nitrogen and oxygen atoms in total. The van der Waals surface area contributed by atoms with Crippen molar-refractivity contribution in [2.24, 2.45) is 0 Å². The lowest BCUT2D eigenvalue weighted by molar-refractivity contribution is -0.140. The molecule has 28 heavy (non-hydrogen) atoms. The number of carboxylic acids is 1. The molecule has 0 aliphatic carbocycles. The van der Waals surface area contributed by atoms with E-state index in [-0.39, 0.29) is 5.97 Å². The number of ether oxygens (including phenoxy) is 1. The molecule has 2 rings (SSSR count). The van der Waals surface area contributed by atoms with Gasteiger partial charge in [0, 0.05) is 11.1 Å². The number of allylic oxidation sites excluding steroid dienone is 2. The molecule has 0 aliphatic heterocycles. The lowest BCUT2D eigenvalue weighted by atomic mass is 10.0. The highest BCUT2D eigenvalue weighted by Gasteiger charge is 2.05. The first-order valence-electron chi connectivity index (χ1n) is 9.24. The lowest BCUT2D eigenvalue weighted by Gasteiger charge is -2.04. The maximum Gasteiger partial charge on any atom is 0.333 e. The van der Waals surface area contributed by atoms with Gasteiger partial charge in [0.1, 0.15) is 6.61 Å². The Hall–Kier alpha value is -3.14. The smallest absolute Gasteiger partial charge is 0.333 e. The quantitative estimate of drug-likeness (QED) is 0.520. The Kier molecular flexibility index (Phi) is 10.7. The van der Waals surface area contributed by atoms with Gasteiger partial charge in [0.25, 0.3) is 0 Å². The minimum absolute atomic E-state index is 0.253. The number of carbonyl (C=O) groups is 2. The second-order valence-corrected chi connectivity index (χ2v) is 6.14. The Morgan fingerprint density at radius 1 is 0.893 bits per heavy atom. The van der Waals surface area contributed by atoms with E-state index < -0.39 is 5.97 Å². The fraction of sp³-hybridized carbons (Fsp3) is 0.250. The largest absolute Gasteiger partial charge is 0.478 e. The zero-order valence-corrected chi connectivity index (χ0v) is 16.7. The standard InChI is InChI=1S/2C12H14O2/c1-3-10(2)12(13)14-9-11-7-5-4-6-8-11;1-2-11(12(13)14)9-8-10-6-4-3-5-7-10/h3-8H,9H2,1-2H3;2-7H,8-9H2,1H3,(H,13,14)/b;11-2+. The normalized spacial score (nSPS) is 11.2. The van der Waals surface area contributed by atoms with Gasteiger partial charge in [-0.3, -0.25) is 0 Å². The van der Waals surface area contributed by atoms with Gasteiger partial charge < -0.3 is 9.84 Å². The van der Waals surface area contributed by atoms with Crippen LogP contribution >= 0.6 is 0 Å². The van der Waals surface area contributed by atoms with Crippen molar-refractivity contribution in [2.75, 3.05) is 0 Å². The van der Waals surface area contributed by atoms with Gasteiger partial charge in [-0.25, -0.2) is 9.59 Å². The number of aliphatic carboxylic acids is 1. The Bertz CT molecular complexity index is 790. The van der Waals surface area contributed by atoms with E-state index in [2.05, 4.69) is 0 Å². The number of hydrogen-bond donors (Lipinski definition) is 1. The summed E-state index contributed by atoms with van der Waals surface area (Å²) in [5.41, 5.74) is 3.30. The van der Waals surface area contributed by atoms with Crippen LogP contribution in [0.15, 0.2) is 84.0 Å². The molecule has 0 unspecified atom stereocenters. The molecule has 0 fully saturated rings. The van der Waals surface area contributed by atoms with Crippen LogP contribution in [0.1, 0.15) is 38.3 Å². The third kappa shape index (κ3) is 8.99. The fourth-order valence-corrected chi connectivity index (χ4v) is 2.25. The van der Waals surface area contributed by atoms with Crippen LogP contribution in [0, 0.1) is 0 Å². The van der Waals surface area contributed by atoms with Gasteiger partial charge in [0.15, 0.2) is 0 Å². The van der Waals surface area contributed by atoms with Crippen molar-refractivity contribution in [3.05, 3.63) is 95.1 Å². The first-order chi connectivity index (χ1) is 13.5. The average molecular weight is 380 g/mol. The zero-order valence-electron chi connectivity index (χ0n) is 16.7. The van der Waals surface area contributed by atoms with Crippen LogP contribution in [0.4, 0.5) is 0 Å². The Morgan fingerprint density at radius 3 is 1.89 bits per heavy atom. The molecule has 0 atom stereocenters. The minimum atomic E-state index is -0.816. The van der Waals surface area contributed by atoms with Gasteiger partial charge in [-0.15, -0.1) is 0 Å². The molecule has 0 saturated heterocycles. The van der Waals surface area contributed by atoms with Gasteiger partial charge in [0.05, 0.1) is 0 Å². The molecule has 4 heteroatoms. The Morgan fingerprint density at radius 2 is 1.43 bits per heavy atom. The van der Waals surface area contributed by atoms with Crippen molar-refractivity contribution in [2.45, 2.75) is 40.2 Å². The fourth-order valence-electron chi connectivity index (χ4n) is 2.25. The maximum absolute atomic E-state index is 11.3. The van der Waals surface area contributed by atoms with E-state index >= 15 is 0 Å². The Labute approximate surface area is 167 Å². The molecule has 0 amide bonds. The van der Waals surface area contributed by atoms with Gasteiger partial charge in [-0.05, 0) is 44.7 Å². The maximum atomic E-state index is 11.3. The Balaban J connectivity index is 0.000000280. The summed E-state index contributed by atoms with van der Waals surface area (Å²) < 4.78 is 5.07. The molecule has 0 saturated carbocycles. The molecular formula is C24H28O4. The van der Waals surface area contributed by atoms with Crippen molar-refractivity contribution in [1.29, 1.82) is 0 Å². The van der Waals surface area contributed by atoms with Crippen LogP contribution in [0.25, 0.3) is 0 Å². The molecule has 0 aromatic heterocycles. The summed E-state index contributed by atoms with van der Waals surface area (Å²) in [4.78, 5) is 21.9. The molecule has 1 N–H and O–H groups in total. The molecule has 0 heterocycles. The summed E-state index contributed by atoms with van der Waals surface area (Å²) in [5, 5.41) is 8.78. The predicted molar refractivity (Wildman–Crippen MR) is 112 cm³/mol. The van der Waals surface area contributed by atoms with Crippen LogP contribution in [0.2, 0.25) is 0 Å². The monoisotopic (exact) mass is 380 g/mol. The number of carbonyl (C=O) groups excluding carboxylic acids is 1. The number of rotatable bonds is 7. The second-order valence-electron chi connectivity index (χ2n) is 6.14. The summed E-state index contributed by atoms with van der Waals surface area (Å²) in [6, 6.07) is 19.5. The SMILES string of the molecule is C/C=C(\CCc1ccccc1)C(=O)O.CC=C(C)C(=O)OCc1ccccc1. The van der Waals surface area contributed by atoms with Crippen LogP contribution in [0.5, 0.6) is 0 Å². The molecule has 2 aromatic carbocycles. The number of aryl methyl sites for hydroxylation is 1. The average Bonchev–Trinajstić information content (AvgIpc) is 2.73. The summed E-state index contributed by atoms with van der Waals surface area (Å²) in [6.07, 6.45) is 4.78. The number of carboxylic acid groups (broad SMARTS) is 1. The van der Waals surface area contributed by atoms with Crippen LogP contribution < -0.4 is 0 Å². The first-order valence-corrected chi connectivity index (χ1v) is 9.24. The zero-order chi connectivity index (χ0) is 20.8. The highest BCUT2D eigenvalue weighted by atomic mass is 16.5. The topological polar surface area (TPSA) is 63.6 Å². The first kappa shape index (κ1) is 22.9. The summed E-state index contributed by atoms with van der Waals surface area (Å²) in [5.74, 6) is -1.07. The minimum Gasteiger partial charge on any atom is -0.478 e. The van der Waals surface area contributed by atoms with Crippen molar-refractivity contribution in [3.63, 3.8) is 0 Å². The molecule has 0 aliphatic rings. The van der Waals surface area contributed by atoms with E-state index in [1.807, 2.05) is 67.6 Å². The van der Waals surface area contributed by atoms with Gasteiger partial charge >= 0.3 is 11.9 Å². The summed E-state index contributed by atoms with van der Waals surface area (Å²) >= 11 is 0. The molecule has 0 spiro atoms. The van der Waals surface area contributed by atoms with E-state index in [0.717, 1.165) is 12.0 Å². The third-order valence-electron chi connectivity index (χ3n) is 4.12. The van der Waals surface area contributed by atoms with E-state index in [4.69, 9.17) is 9.84 Å². The van der Waals surface area contributed by atoms with E-state index in [0.29, 0.717) is 24.2 Å². The van der Waals surface area contributed by atoms with E-state index in [1.54, 1.807) is 26.0 Å². The van der Waals surface area contributed by atoms with Crippen molar-refractivity contribution >= 4 is 11.9 Å². The van der Waals surface area contributed by atoms with Crippen molar-refractivity contribution in [3.8, 4) is 0 Å². The lowest BCUT2D eigenvalue weighted by Crippen LogP contribution is -2.05. The predicted octanol–water partition coefficient (Wildman–Crippen LogP) is 5.35. The van der Waals surface area contributed by atoms with Gasteiger partial charge in [0.2, 0.25) is 0 Å². The number of esters is 1. The number of hydrogen-bond acceptors (Lipinski definition) is 3. The van der Waals surface area contributed by atoms with Crippen LogP contribution in [0.3, 0.4) is 0 Å². The highest BCUT2D eigenvalue weighted by Crippen LogP contribution is 2.09. The van der Waals surface area contributed by atoms with Gasteiger partial charge in [-0.1, -0.05) is 72.8 Å². The van der Waals surface area contributed by atoms with Crippen molar-refractivity contribution in [1.82, 2.24) is 0 Å². The summed E-state index contributed by atoms with van der Waals surface area (Å²) in [6.45, 7) is 5.66. The molecule has 0 radical (unpaired) electrons.